The van der Waals surface area contributed by atoms with Gasteiger partial charge in [-0.15, -0.1) is 0 Å². The molecule has 1 heterocycles. The minimum Gasteiger partial charge on any atom is -0.439 e. The molecule has 0 saturated heterocycles. The van der Waals surface area contributed by atoms with Crippen LogP contribution in [0.25, 0.3) is 0 Å². The monoisotopic (exact) mass is 263 g/mol. The van der Waals surface area contributed by atoms with Gasteiger partial charge in [-0.3, -0.25) is 0 Å². The molecular formula is C13H14ClN3O. The number of benzene rings is 1. The molecule has 0 unspecified atom stereocenters. The zero-order chi connectivity index (χ0) is 13.0. The average molecular weight is 264 g/mol. The maximum Gasteiger partial charge on any atom is 0.224 e. The molecule has 0 aliphatic rings. The highest BCUT2D eigenvalue weighted by atomic mass is 35.5. The van der Waals surface area contributed by atoms with Gasteiger partial charge in [0.05, 0.1) is 0 Å². The predicted octanol–water partition coefficient (Wildman–Crippen LogP) is 3.53. The second-order valence-electron chi connectivity index (χ2n) is 3.70. The number of hydrogen-bond acceptors (Lipinski definition) is 4. The largest absolute Gasteiger partial charge is 0.439 e. The van der Waals surface area contributed by atoms with Gasteiger partial charge in [0.1, 0.15) is 17.9 Å². The summed E-state index contributed by atoms with van der Waals surface area (Å²) >= 11 is 6.06. The minimum absolute atomic E-state index is 0.499. The first-order valence-electron chi connectivity index (χ1n) is 5.69. The van der Waals surface area contributed by atoms with E-state index < -0.39 is 0 Å². The van der Waals surface area contributed by atoms with Gasteiger partial charge in [-0.2, -0.15) is 0 Å². The van der Waals surface area contributed by atoms with Crippen LogP contribution in [0.5, 0.6) is 11.6 Å². The number of halogens is 1. The Bertz CT molecular complexity index is 546. The molecule has 1 aromatic heterocycles. The summed E-state index contributed by atoms with van der Waals surface area (Å²) < 4.78 is 5.67. The summed E-state index contributed by atoms with van der Waals surface area (Å²) in [4.78, 5) is 8.08. The lowest BCUT2D eigenvalue weighted by atomic mass is 10.1. The van der Waals surface area contributed by atoms with E-state index in [-0.39, 0.29) is 0 Å². The highest BCUT2D eigenvalue weighted by Crippen LogP contribution is 2.26. The number of nitrogens with zero attached hydrogens (tertiary/aromatic N) is 2. The second kappa shape index (κ2) is 5.69. The number of rotatable bonds is 4. The lowest BCUT2D eigenvalue weighted by Crippen LogP contribution is -1.95. The van der Waals surface area contributed by atoms with E-state index in [1.54, 1.807) is 13.1 Å². The zero-order valence-electron chi connectivity index (χ0n) is 10.3. The third-order valence-electron chi connectivity index (χ3n) is 2.52. The van der Waals surface area contributed by atoms with Crippen LogP contribution in [0.1, 0.15) is 12.5 Å². The molecule has 5 heteroatoms. The van der Waals surface area contributed by atoms with Crippen molar-refractivity contribution in [2.45, 2.75) is 13.3 Å². The van der Waals surface area contributed by atoms with E-state index >= 15 is 0 Å². The van der Waals surface area contributed by atoms with Gasteiger partial charge in [0, 0.05) is 18.1 Å². The van der Waals surface area contributed by atoms with E-state index in [2.05, 4.69) is 22.2 Å². The van der Waals surface area contributed by atoms with E-state index in [0.29, 0.717) is 11.7 Å². The Hall–Kier alpha value is -1.81. The second-order valence-corrected chi connectivity index (χ2v) is 4.11. The molecule has 4 nitrogen and oxygen atoms in total. The van der Waals surface area contributed by atoms with E-state index in [1.165, 1.54) is 6.33 Å². The quantitative estimate of drug-likeness (QED) is 0.917. The fourth-order valence-corrected chi connectivity index (χ4v) is 1.79. The number of ether oxygens (including phenoxy) is 1. The molecule has 0 bridgehead atoms. The number of anilines is 1. The SMILES string of the molecule is CCc1cc(Oc2cc(NC)ncn2)ccc1Cl. The molecule has 1 N–H and O–H groups in total. The fourth-order valence-electron chi connectivity index (χ4n) is 1.54. The first kappa shape index (κ1) is 12.6. The summed E-state index contributed by atoms with van der Waals surface area (Å²) in [5.74, 6) is 1.93. The molecule has 2 rings (SSSR count). The van der Waals surface area contributed by atoms with Crippen LogP contribution in [-0.4, -0.2) is 17.0 Å². The summed E-state index contributed by atoms with van der Waals surface area (Å²) in [6.07, 6.45) is 2.32. The van der Waals surface area contributed by atoms with Crippen LogP contribution >= 0.6 is 11.6 Å². The van der Waals surface area contributed by atoms with Crippen molar-refractivity contribution in [1.82, 2.24) is 9.97 Å². The van der Waals surface area contributed by atoms with E-state index in [4.69, 9.17) is 16.3 Å². The summed E-state index contributed by atoms with van der Waals surface area (Å²) in [6.45, 7) is 2.05. The van der Waals surface area contributed by atoms with E-state index in [1.807, 2.05) is 18.2 Å². The third kappa shape index (κ3) is 2.90. The minimum atomic E-state index is 0.499. The Morgan fingerprint density at radius 1 is 1.28 bits per heavy atom. The first-order chi connectivity index (χ1) is 8.72. The first-order valence-corrected chi connectivity index (χ1v) is 6.06. The van der Waals surface area contributed by atoms with Crippen molar-refractivity contribution >= 4 is 17.4 Å². The maximum absolute atomic E-state index is 6.06. The van der Waals surface area contributed by atoms with E-state index in [9.17, 15) is 0 Å². The molecule has 0 fully saturated rings. The molecule has 0 aliphatic carbocycles. The van der Waals surface area contributed by atoms with Crippen molar-refractivity contribution in [3.8, 4) is 11.6 Å². The molecule has 2 aromatic rings. The zero-order valence-corrected chi connectivity index (χ0v) is 11.0. The smallest absolute Gasteiger partial charge is 0.224 e. The van der Waals surface area contributed by atoms with Crippen molar-refractivity contribution in [1.29, 1.82) is 0 Å². The molecule has 0 saturated carbocycles. The van der Waals surface area contributed by atoms with Crippen molar-refractivity contribution in [2.75, 3.05) is 12.4 Å². The third-order valence-corrected chi connectivity index (χ3v) is 2.89. The molecule has 94 valence electrons. The average Bonchev–Trinajstić information content (AvgIpc) is 2.41. The van der Waals surface area contributed by atoms with Crippen molar-refractivity contribution in [3.05, 3.63) is 41.2 Å². The Labute approximate surface area is 111 Å². The Morgan fingerprint density at radius 3 is 2.83 bits per heavy atom. The van der Waals surface area contributed by atoms with Crippen LogP contribution in [-0.2, 0) is 6.42 Å². The van der Waals surface area contributed by atoms with Crippen LogP contribution in [0.4, 0.5) is 5.82 Å². The van der Waals surface area contributed by atoms with Gasteiger partial charge in [0.25, 0.3) is 0 Å². The van der Waals surface area contributed by atoms with Crippen LogP contribution in [0.2, 0.25) is 5.02 Å². The van der Waals surface area contributed by atoms with Crippen molar-refractivity contribution in [2.24, 2.45) is 0 Å². The predicted molar refractivity (Wildman–Crippen MR) is 72.5 cm³/mol. The van der Waals surface area contributed by atoms with Crippen LogP contribution in [0.15, 0.2) is 30.6 Å². The standard InChI is InChI=1S/C13H14ClN3O/c1-3-9-6-10(4-5-11(9)14)18-13-7-12(15-2)16-8-17-13/h4-8H,3H2,1-2H3,(H,15,16,17). The Morgan fingerprint density at radius 2 is 2.11 bits per heavy atom. The highest BCUT2D eigenvalue weighted by molar-refractivity contribution is 6.31. The molecule has 0 spiro atoms. The van der Waals surface area contributed by atoms with Gasteiger partial charge in [-0.25, -0.2) is 9.97 Å². The van der Waals surface area contributed by atoms with Gasteiger partial charge in [-0.05, 0) is 30.2 Å². The van der Waals surface area contributed by atoms with Crippen LogP contribution in [0, 0.1) is 0 Å². The van der Waals surface area contributed by atoms with Gasteiger partial charge in [0.15, 0.2) is 0 Å². The molecule has 18 heavy (non-hydrogen) atoms. The van der Waals surface area contributed by atoms with Gasteiger partial charge >= 0.3 is 0 Å². The van der Waals surface area contributed by atoms with Crippen molar-refractivity contribution in [3.63, 3.8) is 0 Å². The molecule has 0 aliphatic heterocycles. The number of aromatic nitrogens is 2. The van der Waals surface area contributed by atoms with Crippen LogP contribution in [0.3, 0.4) is 0 Å². The van der Waals surface area contributed by atoms with Gasteiger partial charge < -0.3 is 10.1 Å². The molecular weight excluding hydrogens is 250 g/mol. The molecule has 0 amide bonds. The van der Waals surface area contributed by atoms with Crippen LogP contribution < -0.4 is 10.1 Å². The summed E-state index contributed by atoms with van der Waals surface area (Å²) in [5, 5.41) is 3.69. The van der Waals surface area contributed by atoms with Gasteiger partial charge in [0.2, 0.25) is 5.88 Å². The summed E-state index contributed by atoms with van der Waals surface area (Å²) in [6, 6.07) is 7.31. The lowest BCUT2D eigenvalue weighted by Gasteiger charge is -2.08. The normalized spacial score (nSPS) is 10.2. The fraction of sp³-hybridized carbons (Fsp3) is 0.231. The summed E-state index contributed by atoms with van der Waals surface area (Å²) in [7, 11) is 1.80. The topological polar surface area (TPSA) is 47.0 Å². The molecule has 0 atom stereocenters. The Balaban J connectivity index is 2.22. The summed E-state index contributed by atoms with van der Waals surface area (Å²) in [5.41, 5.74) is 1.05. The lowest BCUT2D eigenvalue weighted by molar-refractivity contribution is 0.461. The number of nitrogens with one attached hydrogen (secondary N) is 1. The Kier molecular flexibility index (Phi) is 3.99. The molecule has 1 aromatic carbocycles. The van der Waals surface area contributed by atoms with E-state index in [0.717, 1.165) is 22.8 Å². The maximum atomic E-state index is 6.06. The number of hydrogen-bond donors (Lipinski definition) is 1. The highest BCUT2D eigenvalue weighted by Gasteiger charge is 2.04. The molecule has 0 radical (unpaired) electrons. The number of aryl methyl sites for hydroxylation is 1. The van der Waals surface area contributed by atoms with Gasteiger partial charge in [-0.1, -0.05) is 18.5 Å². The van der Waals surface area contributed by atoms with Crippen molar-refractivity contribution < 1.29 is 4.74 Å².